The fourth-order valence-electron chi connectivity index (χ4n) is 3.73. The normalized spacial score (nSPS) is 17.9. The van der Waals surface area contributed by atoms with E-state index in [1.807, 2.05) is 38.1 Å². The zero-order chi connectivity index (χ0) is 19.0. The lowest BCUT2D eigenvalue weighted by Gasteiger charge is -2.26. The molecule has 0 radical (unpaired) electrons. The van der Waals surface area contributed by atoms with Crippen LogP contribution in [-0.2, 0) is 0 Å². The molecule has 6 nitrogen and oxygen atoms in total. The largest absolute Gasteiger partial charge is 0.454 e. The van der Waals surface area contributed by atoms with Crippen LogP contribution < -0.4 is 19.7 Å². The molecule has 2 aromatic carbocycles. The van der Waals surface area contributed by atoms with Gasteiger partial charge < -0.3 is 24.6 Å². The summed E-state index contributed by atoms with van der Waals surface area (Å²) in [6, 6.07) is 12.2. The van der Waals surface area contributed by atoms with Crippen molar-refractivity contribution in [3.8, 4) is 11.5 Å². The Morgan fingerprint density at radius 1 is 1.19 bits per heavy atom. The van der Waals surface area contributed by atoms with E-state index in [2.05, 4.69) is 34.5 Å². The molecule has 1 N–H and O–H groups in total. The summed E-state index contributed by atoms with van der Waals surface area (Å²) in [6.07, 6.45) is 1.98. The summed E-state index contributed by atoms with van der Waals surface area (Å²) in [4.78, 5) is 17.0. The minimum atomic E-state index is -0.0743. The lowest BCUT2D eigenvalue weighted by Crippen LogP contribution is -2.34. The Balaban J connectivity index is 1.54. The molecule has 2 heterocycles. The topological polar surface area (TPSA) is 54.0 Å². The average molecular weight is 367 g/mol. The number of hydrogen-bond acceptors (Lipinski definition) is 4. The highest BCUT2D eigenvalue weighted by Crippen LogP contribution is 2.38. The Bertz CT molecular complexity index is 866. The first-order valence-electron chi connectivity index (χ1n) is 9.28. The predicted octanol–water partition coefficient (Wildman–Crippen LogP) is 4.16. The van der Waals surface area contributed by atoms with E-state index < -0.39 is 0 Å². The molecule has 0 aromatic heterocycles. The Hall–Kier alpha value is -2.89. The van der Waals surface area contributed by atoms with E-state index in [4.69, 9.17) is 9.47 Å². The van der Waals surface area contributed by atoms with Gasteiger partial charge in [0, 0.05) is 38.1 Å². The van der Waals surface area contributed by atoms with E-state index >= 15 is 0 Å². The van der Waals surface area contributed by atoms with Crippen molar-refractivity contribution < 1.29 is 14.3 Å². The van der Waals surface area contributed by atoms with Crippen LogP contribution in [0.2, 0.25) is 0 Å². The van der Waals surface area contributed by atoms with Gasteiger partial charge in [-0.1, -0.05) is 12.1 Å². The van der Waals surface area contributed by atoms with Crippen LogP contribution >= 0.6 is 0 Å². The van der Waals surface area contributed by atoms with Crippen molar-refractivity contribution in [3.63, 3.8) is 0 Å². The lowest BCUT2D eigenvalue weighted by molar-refractivity contribution is 0.174. The zero-order valence-electron chi connectivity index (χ0n) is 16.0. The van der Waals surface area contributed by atoms with Crippen molar-refractivity contribution in [1.29, 1.82) is 0 Å². The molecule has 2 aliphatic heterocycles. The number of nitrogens with one attached hydrogen (secondary N) is 1. The number of amides is 2. The Labute approximate surface area is 159 Å². The Kier molecular flexibility index (Phi) is 4.56. The van der Waals surface area contributed by atoms with Crippen molar-refractivity contribution in [2.75, 3.05) is 37.6 Å². The SMILES string of the molecule is Cc1cc2c(cc1NC(=O)N1CCCC1c1cccc(N(C)C)c1)OCO2. The molecule has 1 fully saturated rings. The van der Waals surface area contributed by atoms with Gasteiger partial charge in [-0.15, -0.1) is 0 Å². The maximum absolute atomic E-state index is 13.0. The van der Waals surface area contributed by atoms with Crippen LogP contribution in [0.5, 0.6) is 11.5 Å². The third-order valence-electron chi connectivity index (χ3n) is 5.25. The molecule has 1 unspecified atom stereocenters. The molecule has 0 bridgehead atoms. The molecule has 0 saturated carbocycles. The number of nitrogens with zero attached hydrogens (tertiary/aromatic N) is 2. The van der Waals surface area contributed by atoms with Gasteiger partial charge in [0.15, 0.2) is 11.5 Å². The average Bonchev–Trinajstić information content (AvgIpc) is 3.31. The number of aryl methyl sites for hydroxylation is 1. The fraction of sp³-hybridized carbons (Fsp3) is 0.381. The smallest absolute Gasteiger partial charge is 0.322 e. The molecule has 4 rings (SSSR count). The molecule has 27 heavy (non-hydrogen) atoms. The van der Waals surface area contributed by atoms with Crippen LogP contribution in [0, 0.1) is 6.92 Å². The van der Waals surface area contributed by atoms with Crippen LogP contribution in [-0.4, -0.2) is 38.4 Å². The molecule has 0 aliphatic carbocycles. The summed E-state index contributed by atoms with van der Waals surface area (Å²) < 4.78 is 10.8. The van der Waals surface area contributed by atoms with Gasteiger partial charge in [0.25, 0.3) is 0 Å². The van der Waals surface area contributed by atoms with E-state index in [1.54, 1.807) is 0 Å². The molecule has 2 aliphatic rings. The maximum atomic E-state index is 13.0. The predicted molar refractivity (Wildman–Crippen MR) is 106 cm³/mol. The highest BCUT2D eigenvalue weighted by Gasteiger charge is 2.30. The minimum Gasteiger partial charge on any atom is -0.454 e. The molecular formula is C21H25N3O3. The quantitative estimate of drug-likeness (QED) is 0.885. The van der Waals surface area contributed by atoms with E-state index in [0.717, 1.165) is 42.1 Å². The summed E-state index contributed by atoms with van der Waals surface area (Å²) in [5.74, 6) is 1.40. The molecule has 6 heteroatoms. The Morgan fingerprint density at radius 3 is 2.74 bits per heavy atom. The summed E-state index contributed by atoms with van der Waals surface area (Å²) in [5.41, 5.74) is 4.04. The molecule has 2 aromatic rings. The molecule has 1 saturated heterocycles. The lowest BCUT2D eigenvalue weighted by atomic mass is 10.0. The van der Waals surface area contributed by atoms with Gasteiger partial charge in [-0.25, -0.2) is 4.79 Å². The van der Waals surface area contributed by atoms with Crippen LogP contribution in [0.25, 0.3) is 0 Å². The summed E-state index contributed by atoms with van der Waals surface area (Å²) in [5, 5.41) is 3.06. The number of likely N-dealkylation sites (tertiary alicyclic amines) is 1. The Morgan fingerprint density at radius 2 is 1.96 bits per heavy atom. The van der Waals surface area contributed by atoms with E-state index in [-0.39, 0.29) is 18.9 Å². The number of carbonyl (C=O) groups excluding carboxylic acids is 1. The maximum Gasteiger partial charge on any atom is 0.322 e. The third kappa shape index (κ3) is 3.39. The second-order valence-corrected chi connectivity index (χ2v) is 7.29. The van der Waals surface area contributed by atoms with Crippen LogP contribution in [0.15, 0.2) is 36.4 Å². The van der Waals surface area contributed by atoms with Gasteiger partial charge in [-0.05, 0) is 49.1 Å². The van der Waals surface area contributed by atoms with Crippen LogP contribution in [0.1, 0.15) is 30.0 Å². The van der Waals surface area contributed by atoms with Gasteiger partial charge in [0.2, 0.25) is 6.79 Å². The molecule has 1 atom stereocenters. The first-order chi connectivity index (χ1) is 13.0. The van der Waals surface area contributed by atoms with Gasteiger partial charge in [0.05, 0.1) is 6.04 Å². The van der Waals surface area contributed by atoms with Gasteiger partial charge in [0.1, 0.15) is 0 Å². The minimum absolute atomic E-state index is 0.0743. The van der Waals surface area contributed by atoms with Crippen molar-refractivity contribution >= 4 is 17.4 Å². The summed E-state index contributed by atoms with van der Waals surface area (Å²) in [7, 11) is 4.06. The van der Waals surface area contributed by atoms with Crippen molar-refractivity contribution in [1.82, 2.24) is 4.90 Å². The first-order valence-corrected chi connectivity index (χ1v) is 9.28. The van der Waals surface area contributed by atoms with Crippen LogP contribution in [0.4, 0.5) is 16.2 Å². The van der Waals surface area contributed by atoms with Crippen molar-refractivity contribution in [2.24, 2.45) is 0 Å². The zero-order valence-corrected chi connectivity index (χ0v) is 16.0. The number of urea groups is 1. The van der Waals surface area contributed by atoms with E-state index in [1.165, 1.54) is 5.56 Å². The number of ether oxygens (including phenoxy) is 2. The van der Waals surface area contributed by atoms with Gasteiger partial charge in [-0.3, -0.25) is 0 Å². The van der Waals surface area contributed by atoms with Crippen molar-refractivity contribution in [3.05, 3.63) is 47.5 Å². The second kappa shape index (κ2) is 7.02. The summed E-state index contributed by atoms with van der Waals surface area (Å²) in [6.45, 7) is 2.94. The molecule has 0 spiro atoms. The standard InChI is InChI=1S/C21H25N3O3/c1-14-10-19-20(27-13-26-19)12-17(14)22-21(25)24-9-5-8-18(24)15-6-4-7-16(11-15)23(2)3/h4,6-7,10-12,18H,5,8-9,13H2,1-3H3,(H,22,25). The number of anilines is 2. The molecule has 2 amide bonds. The fourth-order valence-corrected chi connectivity index (χ4v) is 3.73. The number of hydrogen-bond donors (Lipinski definition) is 1. The monoisotopic (exact) mass is 367 g/mol. The summed E-state index contributed by atoms with van der Waals surface area (Å²) >= 11 is 0. The number of benzene rings is 2. The molecular weight excluding hydrogens is 342 g/mol. The number of carbonyl (C=O) groups is 1. The third-order valence-corrected chi connectivity index (χ3v) is 5.25. The highest BCUT2D eigenvalue weighted by molar-refractivity contribution is 5.91. The number of fused-ring (bicyclic) bond motifs is 1. The first kappa shape index (κ1) is 17.5. The van der Waals surface area contributed by atoms with Crippen LogP contribution in [0.3, 0.4) is 0 Å². The number of rotatable bonds is 3. The molecule has 142 valence electrons. The highest BCUT2D eigenvalue weighted by atomic mass is 16.7. The van der Waals surface area contributed by atoms with E-state index in [0.29, 0.717) is 5.75 Å². The second-order valence-electron chi connectivity index (χ2n) is 7.29. The van der Waals surface area contributed by atoms with Gasteiger partial charge in [-0.2, -0.15) is 0 Å². The van der Waals surface area contributed by atoms with E-state index in [9.17, 15) is 4.79 Å². The van der Waals surface area contributed by atoms with Gasteiger partial charge >= 0.3 is 6.03 Å². The van der Waals surface area contributed by atoms with Crippen molar-refractivity contribution in [2.45, 2.75) is 25.8 Å².